The second-order valence-electron chi connectivity index (χ2n) is 6.76. The highest BCUT2D eigenvalue weighted by Crippen LogP contribution is 2.33. The predicted molar refractivity (Wildman–Crippen MR) is 103 cm³/mol. The van der Waals surface area contributed by atoms with Crippen molar-refractivity contribution in [1.82, 2.24) is 14.9 Å². The molecule has 3 heterocycles. The fourth-order valence-corrected chi connectivity index (χ4v) is 3.70. The number of amides is 1. The molecule has 1 saturated heterocycles. The first-order valence-electron chi connectivity index (χ1n) is 9.04. The Balaban J connectivity index is 1.55. The van der Waals surface area contributed by atoms with Gasteiger partial charge in [-0.3, -0.25) is 9.78 Å². The summed E-state index contributed by atoms with van der Waals surface area (Å²) in [5.74, 6) is 1.25. The molecular weight excluding hydrogens is 362 g/mol. The quantitative estimate of drug-likeness (QED) is 0.662. The highest BCUT2D eigenvalue weighted by Gasteiger charge is 2.34. The summed E-state index contributed by atoms with van der Waals surface area (Å²) in [6.45, 7) is 2.58. The summed E-state index contributed by atoms with van der Waals surface area (Å²) in [6.07, 6.45) is 5.71. The van der Waals surface area contributed by atoms with Gasteiger partial charge in [0.15, 0.2) is 0 Å². The largest absolute Gasteiger partial charge is 0.443 e. The number of carbonyl (C=O) groups excluding carboxylic acids is 1. The third kappa shape index (κ3) is 3.60. The number of hydrogen-bond donors (Lipinski definition) is 0. The first-order chi connectivity index (χ1) is 13.1. The van der Waals surface area contributed by atoms with Crippen LogP contribution in [0.25, 0.3) is 0 Å². The maximum absolute atomic E-state index is 13.0. The van der Waals surface area contributed by atoms with Crippen LogP contribution in [-0.4, -0.2) is 27.3 Å². The summed E-state index contributed by atoms with van der Waals surface area (Å²) in [5, 5.41) is 0.707. The van der Waals surface area contributed by atoms with Crippen LogP contribution in [0.5, 0.6) is 0 Å². The number of halogens is 1. The Labute approximate surface area is 163 Å². The van der Waals surface area contributed by atoms with Crippen molar-refractivity contribution in [2.45, 2.75) is 32.2 Å². The molecule has 0 bridgehead atoms. The number of carbonyl (C=O) groups is 1. The van der Waals surface area contributed by atoms with Gasteiger partial charge in [-0.15, -0.1) is 0 Å². The summed E-state index contributed by atoms with van der Waals surface area (Å²) in [5.41, 5.74) is 2.36. The smallest absolute Gasteiger partial charge is 0.273 e. The molecular formula is C21H20ClN3O2. The molecule has 0 spiro atoms. The number of rotatable bonds is 4. The van der Waals surface area contributed by atoms with Crippen LogP contribution in [0.3, 0.4) is 0 Å². The van der Waals surface area contributed by atoms with Crippen LogP contribution in [-0.2, 0) is 6.42 Å². The lowest BCUT2D eigenvalue weighted by Gasteiger charge is -2.22. The van der Waals surface area contributed by atoms with E-state index >= 15 is 0 Å². The molecule has 0 unspecified atom stereocenters. The summed E-state index contributed by atoms with van der Waals surface area (Å²) in [7, 11) is 0. The van der Waals surface area contributed by atoms with E-state index in [0.717, 1.165) is 29.7 Å². The fraction of sp³-hybridized carbons (Fsp3) is 0.286. The van der Waals surface area contributed by atoms with Crippen LogP contribution >= 0.6 is 11.6 Å². The Morgan fingerprint density at radius 3 is 2.93 bits per heavy atom. The second kappa shape index (κ2) is 7.53. The summed E-state index contributed by atoms with van der Waals surface area (Å²) < 4.78 is 5.99. The van der Waals surface area contributed by atoms with Gasteiger partial charge in [-0.25, -0.2) is 4.98 Å². The van der Waals surface area contributed by atoms with Crippen molar-refractivity contribution in [3.05, 3.63) is 82.3 Å². The summed E-state index contributed by atoms with van der Waals surface area (Å²) >= 11 is 6.23. The van der Waals surface area contributed by atoms with Gasteiger partial charge in [0.2, 0.25) is 5.89 Å². The molecule has 1 fully saturated rings. The van der Waals surface area contributed by atoms with Crippen molar-refractivity contribution in [3.63, 3.8) is 0 Å². The Morgan fingerprint density at radius 1 is 1.26 bits per heavy atom. The third-order valence-corrected chi connectivity index (χ3v) is 5.27. The van der Waals surface area contributed by atoms with E-state index < -0.39 is 0 Å². The molecule has 0 aliphatic carbocycles. The maximum Gasteiger partial charge on any atom is 0.273 e. The molecule has 3 aromatic rings. The van der Waals surface area contributed by atoms with Gasteiger partial charge in [0.1, 0.15) is 17.5 Å². The van der Waals surface area contributed by atoms with Gasteiger partial charge in [-0.05, 0) is 43.0 Å². The van der Waals surface area contributed by atoms with E-state index in [2.05, 4.69) is 9.97 Å². The van der Waals surface area contributed by atoms with Crippen molar-refractivity contribution in [3.8, 4) is 0 Å². The number of pyridine rings is 1. The van der Waals surface area contributed by atoms with Gasteiger partial charge in [-0.1, -0.05) is 35.9 Å². The standard InChI is InChI=1S/C21H20ClN3O2/c1-14-6-4-10-23-19(14)21(26)25-11-5-9-18(25)20-24-13-16(27-20)12-15-7-2-3-8-17(15)22/h2-4,6-8,10,13,18H,5,9,11-12H2,1H3/t18-/m0/s1. The van der Waals surface area contributed by atoms with Crippen LogP contribution < -0.4 is 0 Å². The zero-order valence-electron chi connectivity index (χ0n) is 15.1. The highest BCUT2D eigenvalue weighted by atomic mass is 35.5. The summed E-state index contributed by atoms with van der Waals surface area (Å²) in [6, 6.07) is 11.3. The Bertz CT molecular complexity index is 969. The van der Waals surface area contributed by atoms with Gasteiger partial charge < -0.3 is 9.32 Å². The van der Waals surface area contributed by atoms with Gasteiger partial charge in [0.25, 0.3) is 5.91 Å². The Kier molecular flexibility index (Phi) is 4.94. The molecule has 138 valence electrons. The number of aryl methyl sites for hydroxylation is 1. The zero-order chi connectivity index (χ0) is 18.8. The minimum Gasteiger partial charge on any atom is -0.443 e. The molecule has 2 aromatic heterocycles. The Hall–Kier alpha value is -2.66. The molecule has 1 amide bonds. The molecule has 0 N–H and O–H groups in total. The van der Waals surface area contributed by atoms with Crippen molar-refractivity contribution >= 4 is 17.5 Å². The molecule has 1 aliphatic rings. The van der Waals surface area contributed by atoms with Gasteiger partial charge in [-0.2, -0.15) is 0 Å². The SMILES string of the molecule is Cc1cccnc1C(=O)N1CCC[C@H]1c1ncc(Cc2ccccc2Cl)o1. The molecule has 4 rings (SSSR count). The van der Waals surface area contributed by atoms with Crippen LogP contribution in [0.2, 0.25) is 5.02 Å². The average Bonchev–Trinajstić information content (AvgIpc) is 3.32. The number of oxazole rings is 1. The van der Waals surface area contributed by atoms with E-state index in [0.29, 0.717) is 29.6 Å². The zero-order valence-corrected chi connectivity index (χ0v) is 15.8. The first-order valence-corrected chi connectivity index (χ1v) is 9.42. The fourth-order valence-electron chi connectivity index (χ4n) is 3.50. The molecule has 27 heavy (non-hydrogen) atoms. The molecule has 5 nitrogen and oxygen atoms in total. The van der Waals surface area contributed by atoms with E-state index in [-0.39, 0.29) is 11.9 Å². The van der Waals surface area contributed by atoms with E-state index in [1.165, 1.54) is 0 Å². The molecule has 6 heteroatoms. The van der Waals surface area contributed by atoms with Gasteiger partial charge in [0.05, 0.1) is 6.20 Å². The van der Waals surface area contributed by atoms with Crippen LogP contribution in [0, 0.1) is 6.92 Å². The van der Waals surface area contributed by atoms with E-state index in [1.807, 2.05) is 48.2 Å². The summed E-state index contributed by atoms with van der Waals surface area (Å²) in [4.78, 5) is 23.5. The highest BCUT2D eigenvalue weighted by molar-refractivity contribution is 6.31. The number of hydrogen-bond acceptors (Lipinski definition) is 4. The van der Waals surface area contributed by atoms with Crippen molar-refractivity contribution < 1.29 is 9.21 Å². The van der Waals surface area contributed by atoms with Gasteiger partial charge >= 0.3 is 0 Å². The van der Waals surface area contributed by atoms with Crippen LogP contribution in [0.4, 0.5) is 0 Å². The second-order valence-corrected chi connectivity index (χ2v) is 7.17. The first kappa shape index (κ1) is 17.7. The molecule has 1 aromatic carbocycles. The lowest BCUT2D eigenvalue weighted by molar-refractivity contribution is 0.0708. The molecule has 1 atom stereocenters. The van der Waals surface area contributed by atoms with Gasteiger partial charge in [0, 0.05) is 24.2 Å². The lowest BCUT2D eigenvalue weighted by Crippen LogP contribution is -2.31. The minimum atomic E-state index is -0.154. The topological polar surface area (TPSA) is 59.2 Å². The normalized spacial score (nSPS) is 16.7. The lowest BCUT2D eigenvalue weighted by atomic mass is 10.1. The van der Waals surface area contributed by atoms with Crippen LogP contribution in [0.15, 0.2) is 53.2 Å². The molecule has 1 aliphatic heterocycles. The minimum absolute atomic E-state index is 0.0681. The number of nitrogens with zero attached hydrogens (tertiary/aromatic N) is 3. The van der Waals surface area contributed by atoms with E-state index in [1.54, 1.807) is 12.4 Å². The maximum atomic E-state index is 13.0. The Morgan fingerprint density at radius 2 is 2.11 bits per heavy atom. The van der Waals surface area contributed by atoms with E-state index in [4.69, 9.17) is 16.0 Å². The number of aromatic nitrogens is 2. The molecule has 0 saturated carbocycles. The number of benzene rings is 1. The third-order valence-electron chi connectivity index (χ3n) is 4.90. The monoisotopic (exact) mass is 381 g/mol. The van der Waals surface area contributed by atoms with Crippen molar-refractivity contribution in [2.75, 3.05) is 6.54 Å². The van der Waals surface area contributed by atoms with Crippen molar-refractivity contribution in [1.29, 1.82) is 0 Å². The van der Waals surface area contributed by atoms with Crippen molar-refractivity contribution in [2.24, 2.45) is 0 Å². The van der Waals surface area contributed by atoms with Crippen LogP contribution in [0.1, 0.15) is 52.1 Å². The predicted octanol–water partition coefficient (Wildman–Crippen LogP) is 4.60. The molecule has 0 radical (unpaired) electrons. The number of likely N-dealkylation sites (tertiary alicyclic amines) is 1. The average molecular weight is 382 g/mol. The van der Waals surface area contributed by atoms with E-state index in [9.17, 15) is 4.79 Å².